The van der Waals surface area contributed by atoms with E-state index in [1.54, 1.807) is 36.2 Å². The number of benzene rings is 2. The van der Waals surface area contributed by atoms with Gasteiger partial charge in [-0.1, -0.05) is 42.5 Å². The summed E-state index contributed by atoms with van der Waals surface area (Å²) in [6.07, 6.45) is 0.579. The Morgan fingerprint density at radius 1 is 1.00 bits per heavy atom. The van der Waals surface area contributed by atoms with E-state index < -0.39 is 0 Å². The van der Waals surface area contributed by atoms with Crippen LogP contribution in [0.25, 0.3) is 0 Å². The highest BCUT2D eigenvalue weighted by molar-refractivity contribution is 6.01. The lowest BCUT2D eigenvalue weighted by molar-refractivity contribution is -0.139. The van der Waals surface area contributed by atoms with Gasteiger partial charge in [-0.2, -0.15) is 0 Å². The summed E-state index contributed by atoms with van der Waals surface area (Å²) in [7, 11) is 1.79. The van der Waals surface area contributed by atoms with Crippen LogP contribution in [0.3, 0.4) is 0 Å². The number of hydrogen-bond acceptors (Lipinski definition) is 3. The van der Waals surface area contributed by atoms with Crippen molar-refractivity contribution in [3.8, 4) is 0 Å². The molecule has 0 saturated carbocycles. The molecule has 0 radical (unpaired) electrons. The SMILES string of the molecule is C[C@H](c1ccccc1)N(C)C(=O)c1ccc(CN2C(=O)CCC2=O)cc1. The third-order valence-electron chi connectivity index (χ3n) is 4.88. The van der Waals surface area contributed by atoms with Gasteiger partial charge in [-0.15, -0.1) is 0 Å². The molecule has 26 heavy (non-hydrogen) atoms. The Morgan fingerprint density at radius 2 is 1.58 bits per heavy atom. The zero-order chi connectivity index (χ0) is 18.7. The molecule has 1 aliphatic rings. The zero-order valence-corrected chi connectivity index (χ0v) is 15.0. The number of rotatable bonds is 5. The van der Waals surface area contributed by atoms with Gasteiger partial charge in [0.1, 0.15) is 0 Å². The summed E-state index contributed by atoms with van der Waals surface area (Å²) in [6.45, 7) is 2.26. The van der Waals surface area contributed by atoms with Crippen molar-refractivity contribution in [2.75, 3.05) is 7.05 Å². The van der Waals surface area contributed by atoms with E-state index in [4.69, 9.17) is 0 Å². The van der Waals surface area contributed by atoms with Gasteiger partial charge in [-0.25, -0.2) is 0 Å². The highest BCUT2D eigenvalue weighted by Gasteiger charge is 2.28. The van der Waals surface area contributed by atoms with Gasteiger partial charge in [0, 0.05) is 25.5 Å². The van der Waals surface area contributed by atoms with Crippen LogP contribution in [0.15, 0.2) is 54.6 Å². The topological polar surface area (TPSA) is 57.7 Å². The van der Waals surface area contributed by atoms with E-state index in [-0.39, 0.29) is 43.1 Å². The maximum atomic E-state index is 12.7. The molecule has 0 N–H and O–H groups in total. The third kappa shape index (κ3) is 3.67. The Balaban J connectivity index is 1.68. The van der Waals surface area contributed by atoms with Crippen LogP contribution in [0, 0.1) is 0 Å². The van der Waals surface area contributed by atoms with Crippen LogP contribution in [0.1, 0.15) is 47.3 Å². The summed E-state index contributed by atoms with van der Waals surface area (Å²) in [6, 6.07) is 16.9. The Kier molecular flexibility index (Phi) is 5.16. The molecule has 0 aliphatic carbocycles. The van der Waals surface area contributed by atoms with Crippen LogP contribution in [-0.2, 0) is 16.1 Å². The second kappa shape index (κ2) is 7.52. The summed E-state index contributed by atoms with van der Waals surface area (Å²) in [4.78, 5) is 39.1. The van der Waals surface area contributed by atoms with Crippen LogP contribution in [0.5, 0.6) is 0 Å². The minimum absolute atomic E-state index is 0.0387. The Bertz CT molecular complexity index is 799. The molecule has 3 rings (SSSR count). The molecule has 0 aromatic heterocycles. The molecule has 1 heterocycles. The number of nitrogens with zero attached hydrogens (tertiary/aromatic N) is 2. The van der Waals surface area contributed by atoms with Crippen molar-refractivity contribution < 1.29 is 14.4 Å². The fourth-order valence-corrected chi connectivity index (χ4v) is 3.07. The van der Waals surface area contributed by atoms with E-state index in [1.807, 2.05) is 37.3 Å². The van der Waals surface area contributed by atoms with Gasteiger partial charge >= 0.3 is 0 Å². The van der Waals surface area contributed by atoms with Gasteiger partial charge in [-0.3, -0.25) is 19.3 Å². The number of carbonyl (C=O) groups is 3. The summed E-state index contributed by atoms with van der Waals surface area (Å²) in [5.41, 5.74) is 2.49. The molecule has 5 nitrogen and oxygen atoms in total. The predicted octanol–water partition coefficient (Wildman–Crippen LogP) is 3.17. The summed E-state index contributed by atoms with van der Waals surface area (Å²) >= 11 is 0. The van der Waals surface area contributed by atoms with Crippen LogP contribution >= 0.6 is 0 Å². The van der Waals surface area contributed by atoms with Crippen molar-refractivity contribution in [3.63, 3.8) is 0 Å². The fraction of sp³-hybridized carbons (Fsp3) is 0.286. The fourth-order valence-electron chi connectivity index (χ4n) is 3.07. The van der Waals surface area contributed by atoms with Crippen molar-refractivity contribution >= 4 is 17.7 Å². The average Bonchev–Trinajstić information content (AvgIpc) is 2.99. The van der Waals surface area contributed by atoms with Crippen molar-refractivity contribution in [2.24, 2.45) is 0 Å². The molecule has 134 valence electrons. The van der Waals surface area contributed by atoms with Crippen LogP contribution in [0.2, 0.25) is 0 Å². The predicted molar refractivity (Wildman–Crippen MR) is 98.2 cm³/mol. The number of amides is 3. The second-order valence-corrected chi connectivity index (χ2v) is 6.57. The van der Waals surface area contributed by atoms with E-state index in [0.29, 0.717) is 5.56 Å². The van der Waals surface area contributed by atoms with Crippen molar-refractivity contribution in [3.05, 3.63) is 71.3 Å². The van der Waals surface area contributed by atoms with Crippen LogP contribution < -0.4 is 0 Å². The van der Waals surface area contributed by atoms with E-state index in [0.717, 1.165) is 11.1 Å². The van der Waals surface area contributed by atoms with Gasteiger partial charge in [0.25, 0.3) is 5.91 Å². The highest BCUT2D eigenvalue weighted by atomic mass is 16.2. The van der Waals surface area contributed by atoms with Gasteiger partial charge < -0.3 is 4.90 Å². The molecule has 2 aromatic carbocycles. The molecular formula is C21H22N2O3. The second-order valence-electron chi connectivity index (χ2n) is 6.57. The van der Waals surface area contributed by atoms with E-state index >= 15 is 0 Å². The Hall–Kier alpha value is -2.95. The first-order valence-corrected chi connectivity index (χ1v) is 8.71. The normalized spacial score (nSPS) is 15.2. The van der Waals surface area contributed by atoms with E-state index in [2.05, 4.69) is 0 Å². The summed E-state index contributed by atoms with van der Waals surface area (Å²) in [5, 5.41) is 0. The maximum absolute atomic E-state index is 12.7. The van der Waals surface area contributed by atoms with Crippen molar-refractivity contribution in [1.29, 1.82) is 0 Å². The monoisotopic (exact) mass is 350 g/mol. The minimum atomic E-state index is -0.133. The van der Waals surface area contributed by atoms with Crippen molar-refractivity contribution in [2.45, 2.75) is 32.4 Å². The molecule has 1 aliphatic heterocycles. The Morgan fingerprint density at radius 3 is 2.15 bits per heavy atom. The highest BCUT2D eigenvalue weighted by Crippen LogP contribution is 2.21. The third-order valence-corrected chi connectivity index (χ3v) is 4.88. The summed E-state index contributed by atoms with van der Waals surface area (Å²) in [5.74, 6) is -0.334. The largest absolute Gasteiger partial charge is 0.335 e. The smallest absolute Gasteiger partial charge is 0.254 e. The number of imide groups is 1. The molecule has 1 saturated heterocycles. The van der Waals surface area contributed by atoms with Gasteiger partial charge in [0.2, 0.25) is 11.8 Å². The molecular weight excluding hydrogens is 328 g/mol. The number of hydrogen-bond donors (Lipinski definition) is 0. The van der Waals surface area contributed by atoms with E-state index in [1.165, 1.54) is 4.90 Å². The van der Waals surface area contributed by atoms with Crippen molar-refractivity contribution in [1.82, 2.24) is 9.80 Å². The number of likely N-dealkylation sites (tertiary alicyclic amines) is 1. The molecule has 5 heteroatoms. The molecule has 0 unspecified atom stereocenters. The lowest BCUT2D eigenvalue weighted by Crippen LogP contribution is -2.30. The standard InChI is InChI=1S/C21H22N2O3/c1-15(17-6-4-3-5-7-17)22(2)21(26)18-10-8-16(9-11-18)14-23-19(24)12-13-20(23)25/h3-11,15H,12-14H2,1-2H3/t15-/m1/s1. The number of carbonyl (C=O) groups excluding carboxylic acids is 3. The molecule has 2 aromatic rings. The molecule has 0 spiro atoms. The quantitative estimate of drug-likeness (QED) is 0.778. The lowest BCUT2D eigenvalue weighted by Gasteiger charge is -2.25. The van der Waals surface area contributed by atoms with Crippen LogP contribution in [0.4, 0.5) is 0 Å². The van der Waals surface area contributed by atoms with E-state index in [9.17, 15) is 14.4 Å². The first-order chi connectivity index (χ1) is 12.5. The zero-order valence-electron chi connectivity index (χ0n) is 15.0. The van der Waals surface area contributed by atoms with Gasteiger partial charge in [0.15, 0.2) is 0 Å². The Labute approximate surface area is 153 Å². The van der Waals surface area contributed by atoms with Crippen LogP contribution in [-0.4, -0.2) is 34.6 Å². The molecule has 0 bridgehead atoms. The first-order valence-electron chi connectivity index (χ1n) is 8.71. The molecule has 1 fully saturated rings. The van der Waals surface area contributed by atoms with Gasteiger partial charge in [0.05, 0.1) is 12.6 Å². The first kappa shape index (κ1) is 17.9. The summed E-state index contributed by atoms with van der Waals surface area (Å²) < 4.78 is 0. The minimum Gasteiger partial charge on any atom is -0.335 e. The molecule has 3 amide bonds. The maximum Gasteiger partial charge on any atom is 0.254 e. The molecule has 1 atom stereocenters. The van der Waals surface area contributed by atoms with Gasteiger partial charge in [-0.05, 0) is 30.2 Å². The average molecular weight is 350 g/mol. The lowest BCUT2D eigenvalue weighted by atomic mass is 10.1.